The van der Waals surface area contributed by atoms with Crippen molar-refractivity contribution in [2.45, 2.75) is 19.3 Å². The molecule has 1 aliphatic carbocycles. The van der Waals surface area contributed by atoms with Crippen molar-refractivity contribution < 1.29 is 9.59 Å². The van der Waals surface area contributed by atoms with Crippen LogP contribution in [-0.4, -0.2) is 54.3 Å². The number of thiophene rings is 1. The van der Waals surface area contributed by atoms with E-state index in [-0.39, 0.29) is 17.7 Å². The third-order valence-electron chi connectivity index (χ3n) is 4.93. The number of piperazine rings is 1. The molecule has 22 heavy (non-hydrogen) atoms. The van der Waals surface area contributed by atoms with E-state index in [2.05, 4.69) is 0 Å². The lowest BCUT2D eigenvalue weighted by Gasteiger charge is -2.36. The predicted molar refractivity (Wildman–Crippen MR) is 86.7 cm³/mol. The van der Waals surface area contributed by atoms with Crippen molar-refractivity contribution in [1.29, 1.82) is 0 Å². The third-order valence-corrected chi connectivity index (χ3v) is 5.61. The summed E-state index contributed by atoms with van der Waals surface area (Å²) in [4.78, 5) is 28.7. The molecule has 2 aliphatic rings. The maximum atomic E-state index is 12.6. The van der Waals surface area contributed by atoms with Crippen molar-refractivity contribution in [2.24, 2.45) is 17.6 Å². The summed E-state index contributed by atoms with van der Waals surface area (Å²) in [5.74, 6) is 0.770. The van der Waals surface area contributed by atoms with E-state index in [1.54, 1.807) is 0 Å². The number of nitrogens with two attached hydrogens (primary N) is 1. The summed E-state index contributed by atoms with van der Waals surface area (Å²) in [5, 5.41) is 3.80. The van der Waals surface area contributed by atoms with Gasteiger partial charge >= 0.3 is 0 Å². The number of nitrogens with zero attached hydrogens (tertiary/aromatic N) is 2. The molecule has 2 atom stereocenters. The molecule has 120 valence electrons. The van der Waals surface area contributed by atoms with Crippen molar-refractivity contribution >= 4 is 23.2 Å². The van der Waals surface area contributed by atoms with Gasteiger partial charge in [-0.2, -0.15) is 11.3 Å². The Bertz CT molecular complexity index is 524. The van der Waals surface area contributed by atoms with Crippen LogP contribution in [0.4, 0.5) is 0 Å². The van der Waals surface area contributed by atoms with Gasteiger partial charge in [-0.15, -0.1) is 0 Å². The molecule has 1 saturated heterocycles. The van der Waals surface area contributed by atoms with Crippen LogP contribution in [-0.2, 0) is 4.79 Å². The lowest BCUT2D eigenvalue weighted by atomic mass is 9.94. The molecular weight excluding hydrogens is 298 g/mol. The lowest BCUT2D eigenvalue weighted by molar-refractivity contribution is -0.138. The van der Waals surface area contributed by atoms with Crippen LogP contribution in [0.5, 0.6) is 0 Å². The Kier molecular flexibility index (Phi) is 4.78. The second kappa shape index (κ2) is 6.79. The van der Waals surface area contributed by atoms with Crippen molar-refractivity contribution in [2.75, 3.05) is 32.7 Å². The number of hydrogen-bond acceptors (Lipinski definition) is 4. The number of rotatable bonds is 3. The first-order chi connectivity index (χ1) is 10.7. The van der Waals surface area contributed by atoms with Crippen LogP contribution in [0.2, 0.25) is 0 Å². The summed E-state index contributed by atoms with van der Waals surface area (Å²) in [7, 11) is 0. The van der Waals surface area contributed by atoms with Crippen molar-refractivity contribution in [3.05, 3.63) is 22.4 Å². The van der Waals surface area contributed by atoms with E-state index in [1.807, 2.05) is 26.6 Å². The Hall–Kier alpha value is -1.40. The van der Waals surface area contributed by atoms with Crippen LogP contribution in [0.3, 0.4) is 0 Å². The van der Waals surface area contributed by atoms with Gasteiger partial charge in [0.2, 0.25) is 5.91 Å². The maximum Gasteiger partial charge on any atom is 0.254 e. The van der Waals surface area contributed by atoms with Gasteiger partial charge in [-0.3, -0.25) is 9.59 Å². The van der Waals surface area contributed by atoms with Crippen LogP contribution in [0.15, 0.2) is 16.8 Å². The first-order valence-corrected chi connectivity index (χ1v) is 8.95. The van der Waals surface area contributed by atoms with E-state index < -0.39 is 0 Å². The Balaban J connectivity index is 1.55. The van der Waals surface area contributed by atoms with Gasteiger partial charge in [-0.05, 0) is 36.8 Å². The van der Waals surface area contributed by atoms with Crippen molar-refractivity contribution in [1.82, 2.24) is 9.80 Å². The molecule has 1 aromatic heterocycles. The highest BCUT2D eigenvalue weighted by Gasteiger charge is 2.36. The number of amides is 2. The number of carbonyl (C=O) groups is 2. The van der Waals surface area contributed by atoms with Gasteiger partial charge in [-0.25, -0.2) is 0 Å². The molecule has 6 heteroatoms. The van der Waals surface area contributed by atoms with Crippen LogP contribution in [0.1, 0.15) is 29.6 Å². The van der Waals surface area contributed by atoms with Gasteiger partial charge in [0.05, 0.1) is 5.56 Å². The SMILES string of the molecule is NC[C@H]1CCC[C@H]1C(=O)N1CCN(C(=O)c2ccsc2)CC1. The minimum absolute atomic E-state index is 0.0778. The van der Waals surface area contributed by atoms with Crippen molar-refractivity contribution in [3.63, 3.8) is 0 Å². The van der Waals surface area contributed by atoms with Crippen LogP contribution in [0, 0.1) is 11.8 Å². The summed E-state index contributed by atoms with van der Waals surface area (Å²) in [6.07, 6.45) is 3.15. The molecule has 2 N–H and O–H groups in total. The molecule has 1 aliphatic heterocycles. The van der Waals surface area contributed by atoms with Crippen LogP contribution in [0.25, 0.3) is 0 Å². The molecule has 0 spiro atoms. The Labute approximate surface area is 135 Å². The average molecular weight is 321 g/mol. The molecular formula is C16H23N3O2S. The number of hydrogen-bond donors (Lipinski definition) is 1. The normalized spacial score (nSPS) is 25.5. The first kappa shape index (κ1) is 15.5. The minimum Gasteiger partial charge on any atom is -0.339 e. The fourth-order valence-corrected chi connectivity index (χ4v) is 4.21. The molecule has 2 fully saturated rings. The largest absolute Gasteiger partial charge is 0.339 e. The quantitative estimate of drug-likeness (QED) is 0.915. The molecule has 0 bridgehead atoms. The summed E-state index contributed by atoms with van der Waals surface area (Å²) in [6.45, 7) is 3.14. The fourth-order valence-electron chi connectivity index (χ4n) is 3.58. The molecule has 0 unspecified atom stereocenters. The molecule has 5 nitrogen and oxygen atoms in total. The molecule has 1 saturated carbocycles. The highest BCUT2D eigenvalue weighted by molar-refractivity contribution is 7.08. The van der Waals surface area contributed by atoms with E-state index in [0.29, 0.717) is 38.6 Å². The van der Waals surface area contributed by atoms with Crippen molar-refractivity contribution in [3.8, 4) is 0 Å². The topological polar surface area (TPSA) is 66.6 Å². The Morgan fingerprint density at radius 3 is 2.55 bits per heavy atom. The fraction of sp³-hybridized carbons (Fsp3) is 0.625. The van der Waals surface area contributed by atoms with E-state index in [4.69, 9.17) is 5.73 Å². The summed E-state index contributed by atoms with van der Waals surface area (Å²) >= 11 is 1.53. The molecule has 1 aromatic rings. The second-order valence-electron chi connectivity index (χ2n) is 6.16. The Morgan fingerprint density at radius 2 is 1.91 bits per heavy atom. The van der Waals surface area contributed by atoms with Gasteiger partial charge in [0.25, 0.3) is 5.91 Å². The van der Waals surface area contributed by atoms with Gasteiger partial charge in [-0.1, -0.05) is 6.42 Å². The molecule has 2 heterocycles. The minimum atomic E-state index is 0.0778. The van der Waals surface area contributed by atoms with Crippen LogP contribution >= 0.6 is 11.3 Å². The zero-order valence-electron chi connectivity index (χ0n) is 12.7. The van der Waals surface area contributed by atoms with Gasteiger partial charge in [0.1, 0.15) is 0 Å². The smallest absolute Gasteiger partial charge is 0.254 e. The van der Waals surface area contributed by atoms with Gasteiger partial charge in [0.15, 0.2) is 0 Å². The van der Waals surface area contributed by atoms with Gasteiger partial charge < -0.3 is 15.5 Å². The lowest BCUT2D eigenvalue weighted by Crippen LogP contribution is -2.52. The van der Waals surface area contributed by atoms with E-state index in [1.165, 1.54) is 11.3 Å². The standard InChI is InChI=1S/C16H23N3O2S/c17-10-12-2-1-3-14(12)16(21)19-7-5-18(6-8-19)15(20)13-4-9-22-11-13/h4,9,11-12,14H,1-3,5-8,10,17H2/t12-,14-/m1/s1. The average Bonchev–Trinajstić information content (AvgIpc) is 3.24. The summed E-state index contributed by atoms with van der Waals surface area (Å²) in [6, 6.07) is 1.86. The third kappa shape index (κ3) is 3.03. The van der Waals surface area contributed by atoms with E-state index >= 15 is 0 Å². The molecule has 0 aromatic carbocycles. The van der Waals surface area contributed by atoms with Gasteiger partial charge in [0, 0.05) is 37.5 Å². The van der Waals surface area contributed by atoms with Crippen LogP contribution < -0.4 is 5.73 Å². The highest BCUT2D eigenvalue weighted by atomic mass is 32.1. The number of carbonyl (C=O) groups excluding carboxylic acids is 2. The summed E-state index contributed by atoms with van der Waals surface area (Å²) < 4.78 is 0. The second-order valence-corrected chi connectivity index (χ2v) is 6.94. The van der Waals surface area contributed by atoms with E-state index in [9.17, 15) is 9.59 Å². The summed E-state index contributed by atoms with van der Waals surface area (Å²) in [5.41, 5.74) is 6.54. The molecule has 3 rings (SSSR count). The molecule has 0 radical (unpaired) electrons. The maximum absolute atomic E-state index is 12.6. The van der Waals surface area contributed by atoms with E-state index in [0.717, 1.165) is 24.8 Å². The Morgan fingerprint density at radius 1 is 1.18 bits per heavy atom. The highest BCUT2D eigenvalue weighted by Crippen LogP contribution is 2.32. The zero-order valence-corrected chi connectivity index (χ0v) is 13.6. The molecule has 2 amide bonds. The zero-order chi connectivity index (χ0) is 15.5. The predicted octanol–water partition coefficient (Wildman–Crippen LogP) is 1.41. The monoisotopic (exact) mass is 321 g/mol. The first-order valence-electron chi connectivity index (χ1n) is 8.01.